The molecule has 0 saturated heterocycles. The van der Waals surface area contributed by atoms with E-state index in [2.05, 4.69) is 5.32 Å². The zero-order valence-corrected chi connectivity index (χ0v) is 12.1. The van der Waals surface area contributed by atoms with E-state index in [1.54, 1.807) is 6.07 Å². The molecule has 1 aliphatic carbocycles. The summed E-state index contributed by atoms with van der Waals surface area (Å²) in [5.74, 6) is -0.254. The van der Waals surface area contributed by atoms with Gasteiger partial charge in [0.2, 0.25) is 5.91 Å². The summed E-state index contributed by atoms with van der Waals surface area (Å²) in [5.41, 5.74) is 2.67. The van der Waals surface area contributed by atoms with Gasteiger partial charge in [0.1, 0.15) is 5.82 Å². The van der Waals surface area contributed by atoms with E-state index in [0.717, 1.165) is 23.2 Å². The van der Waals surface area contributed by atoms with Crippen molar-refractivity contribution in [3.8, 4) is 0 Å². The largest absolute Gasteiger partial charge is 0.396 e. The summed E-state index contributed by atoms with van der Waals surface area (Å²) < 4.78 is 13.2. The molecule has 1 aliphatic rings. The van der Waals surface area contributed by atoms with Crippen molar-refractivity contribution < 1.29 is 14.3 Å². The highest BCUT2D eigenvalue weighted by Gasteiger charge is 2.44. The second-order valence-corrected chi connectivity index (χ2v) is 5.66. The van der Waals surface area contributed by atoms with Crippen molar-refractivity contribution in [2.24, 2.45) is 5.92 Å². The molecular weight excluding hydrogens is 281 g/mol. The van der Waals surface area contributed by atoms with Gasteiger partial charge in [-0.05, 0) is 54.2 Å². The Hall–Kier alpha value is -2.20. The smallest absolute Gasteiger partial charge is 0.228 e. The molecule has 3 rings (SSSR count). The number of rotatable bonds is 5. The molecule has 1 saturated carbocycles. The van der Waals surface area contributed by atoms with E-state index in [4.69, 9.17) is 5.11 Å². The van der Waals surface area contributed by atoms with Gasteiger partial charge in [0.05, 0.1) is 0 Å². The van der Waals surface area contributed by atoms with Crippen LogP contribution in [0.25, 0.3) is 0 Å². The second-order valence-electron chi connectivity index (χ2n) is 5.66. The van der Waals surface area contributed by atoms with Gasteiger partial charge in [-0.15, -0.1) is 0 Å². The van der Waals surface area contributed by atoms with Gasteiger partial charge in [0, 0.05) is 18.2 Å². The number of carbonyl (C=O) groups excluding carboxylic acids is 1. The van der Waals surface area contributed by atoms with E-state index >= 15 is 0 Å². The van der Waals surface area contributed by atoms with Crippen molar-refractivity contribution in [3.05, 3.63) is 65.5 Å². The van der Waals surface area contributed by atoms with E-state index in [1.165, 1.54) is 12.1 Å². The monoisotopic (exact) mass is 299 g/mol. The van der Waals surface area contributed by atoms with Crippen LogP contribution in [0.1, 0.15) is 23.5 Å². The molecule has 2 aromatic rings. The predicted molar refractivity (Wildman–Crippen MR) is 83.1 cm³/mol. The predicted octanol–water partition coefficient (Wildman–Crippen LogP) is 3.10. The number of aliphatic hydroxyl groups excluding tert-OH is 1. The van der Waals surface area contributed by atoms with E-state index in [1.807, 2.05) is 30.3 Å². The fourth-order valence-electron chi connectivity index (χ4n) is 2.71. The van der Waals surface area contributed by atoms with Crippen LogP contribution in [0, 0.1) is 11.7 Å². The summed E-state index contributed by atoms with van der Waals surface area (Å²) in [6, 6.07) is 13.9. The van der Waals surface area contributed by atoms with Crippen molar-refractivity contribution in [1.82, 2.24) is 0 Å². The van der Waals surface area contributed by atoms with Crippen LogP contribution in [-0.4, -0.2) is 17.6 Å². The second kappa shape index (κ2) is 6.28. The third-order valence-corrected chi connectivity index (χ3v) is 4.03. The van der Waals surface area contributed by atoms with Gasteiger partial charge in [-0.2, -0.15) is 0 Å². The molecule has 22 heavy (non-hydrogen) atoms. The molecule has 0 aliphatic heterocycles. The molecule has 114 valence electrons. The van der Waals surface area contributed by atoms with E-state index < -0.39 is 0 Å². The fraction of sp³-hybridized carbons (Fsp3) is 0.278. The Morgan fingerprint density at radius 1 is 1.23 bits per heavy atom. The number of carbonyl (C=O) groups is 1. The molecular formula is C18H18FNO2. The van der Waals surface area contributed by atoms with Crippen molar-refractivity contribution >= 4 is 11.6 Å². The van der Waals surface area contributed by atoms with Gasteiger partial charge in [-0.3, -0.25) is 4.79 Å². The number of hydrogen-bond acceptors (Lipinski definition) is 2. The van der Waals surface area contributed by atoms with Crippen LogP contribution in [-0.2, 0) is 11.2 Å². The Kier molecular flexibility index (Phi) is 4.20. The zero-order chi connectivity index (χ0) is 15.5. The van der Waals surface area contributed by atoms with E-state index in [-0.39, 0.29) is 30.2 Å². The molecule has 3 nitrogen and oxygen atoms in total. The Balaban J connectivity index is 1.59. The number of amides is 1. The quantitative estimate of drug-likeness (QED) is 0.891. The zero-order valence-electron chi connectivity index (χ0n) is 12.1. The summed E-state index contributed by atoms with van der Waals surface area (Å²) in [6.07, 6.45) is 1.37. The standard InChI is InChI=1S/C18H18FNO2/c19-14-3-1-2-13(10-14)16-11-17(16)18(22)20-15-6-4-12(5-7-15)8-9-21/h1-7,10,16-17,21H,8-9,11H2,(H,20,22)/t16-,17-/m0/s1. The molecule has 0 radical (unpaired) electrons. The van der Waals surface area contributed by atoms with Crippen LogP contribution in [0.2, 0.25) is 0 Å². The lowest BCUT2D eigenvalue weighted by Gasteiger charge is -2.06. The van der Waals surface area contributed by atoms with E-state index in [0.29, 0.717) is 6.42 Å². The Bertz CT molecular complexity index is 669. The molecule has 1 amide bonds. The topological polar surface area (TPSA) is 49.3 Å². The minimum Gasteiger partial charge on any atom is -0.396 e. The maximum absolute atomic E-state index is 13.2. The van der Waals surface area contributed by atoms with Gasteiger partial charge in [-0.1, -0.05) is 24.3 Å². The highest BCUT2D eigenvalue weighted by Crippen LogP contribution is 2.48. The molecule has 4 heteroatoms. The van der Waals surface area contributed by atoms with Gasteiger partial charge < -0.3 is 10.4 Å². The van der Waals surface area contributed by atoms with Gasteiger partial charge in [0.15, 0.2) is 0 Å². The molecule has 0 spiro atoms. The lowest BCUT2D eigenvalue weighted by atomic mass is 10.1. The number of nitrogens with one attached hydrogen (secondary N) is 1. The number of aliphatic hydroxyl groups is 1. The lowest BCUT2D eigenvalue weighted by Crippen LogP contribution is -2.14. The third kappa shape index (κ3) is 3.34. The summed E-state index contributed by atoms with van der Waals surface area (Å²) in [6.45, 7) is 0.114. The highest BCUT2D eigenvalue weighted by molar-refractivity contribution is 5.95. The first-order valence-electron chi connectivity index (χ1n) is 7.43. The first-order valence-corrected chi connectivity index (χ1v) is 7.43. The Morgan fingerprint density at radius 2 is 2.00 bits per heavy atom. The van der Waals surface area contributed by atoms with Gasteiger partial charge >= 0.3 is 0 Å². The van der Waals surface area contributed by atoms with Crippen molar-refractivity contribution in [2.75, 3.05) is 11.9 Å². The maximum Gasteiger partial charge on any atom is 0.228 e. The van der Waals surface area contributed by atoms with Crippen molar-refractivity contribution in [1.29, 1.82) is 0 Å². The maximum atomic E-state index is 13.2. The highest BCUT2D eigenvalue weighted by atomic mass is 19.1. The normalized spacial score (nSPS) is 19.7. The van der Waals surface area contributed by atoms with Crippen molar-refractivity contribution in [3.63, 3.8) is 0 Å². The first kappa shape index (κ1) is 14.7. The molecule has 0 aromatic heterocycles. The molecule has 0 bridgehead atoms. The summed E-state index contributed by atoms with van der Waals surface area (Å²) in [5, 5.41) is 11.8. The summed E-state index contributed by atoms with van der Waals surface area (Å²) in [7, 11) is 0. The fourth-order valence-corrected chi connectivity index (χ4v) is 2.71. The molecule has 1 fully saturated rings. The van der Waals surface area contributed by atoms with Crippen LogP contribution in [0.4, 0.5) is 10.1 Å². The molecule has 2 N–H and O–H groups in total. The van der Waals surface area contributed by atoms with Crippen LogP contribution >= 0.6 is 0 Å². The Labute approximate surface area is 128 Å². The minimum atomic E-state index is -0.261. The first-order chi connectivity index (χ1) is 10.7. The Morgan fingerprint density at radius 3 is 2.68 bits per heavy atom. The van der Waals surface area contributed by atoms with Crippen LogP contribution in [0.3, 0.4) is 0 Å². The van der Waals surface area contributed by atoms with Gasteiger partial charge in [0.25, 0.3) is 0 Å². The van der Waals surface area contributed by atoms with Crippen LogP contribution in [0.15, 0.2) is 48.5 Å². The van der Waals surface area contributed by atoms with Crippen molar-refractivity contribution in [2.45, 2.75) is 18.8 Å². The van der Waals surface area contributed by atoms with Crippen LogP contribution in [0.5, 0.6) is 0 Å². The number of hydrogen-bond donors (Lipinski definition) is 2. The molecule has 0 heterocycles. The van der Waals surface area contributed by atoms with Gasteiger partial charge in [-0.25, -0.2) is 4.39 Å². The third-order valence-electron chi connectivity index (χ3n) is 4.03. The summed E-state index contributed by atoms with van der Waals surface area (Å²) >= 11 is 0. The minimum absolute atomic E-state index is 0.0239. The van der Waals surface area contributed by atoms with E-state index in [9.17, 15) is 9.18 Å². The molecule has 2 atom stereocenters. The molecule has 2 aromatic carbocycles. The number of anilines is 1. The lowest BCUT2D eigenvalue weighted by molar-refractivity contribution is -0.117. The van der Waals surface area contributed by atoms with Crippen LogP contribution < -0.4 is 5.32 Å². The summed E-state index contributed by atoms with van der Waals surface area (Å²) in [4.78, 5) is 12.2. The number of benzene rings is 2. The SMILES string of the molecule is O=C(Nc1ccc(CCO)cc1)[C@H]1C[C@H]1c1cccc(F)c1. The average molecular weight is 299 g/mol. The average Bonchev–Trinajstić information content (AvgIpc) is 3.30. The number of halogens is 1. The molecule has 0 unspecified atom stereocenters.